The molecule has 0 saturated heterocycles. The van der Waals surface area contributed by atoms with Gasteiger partial charge in [-0.2, -0.15) is 0 Å². The number of carboxylic acids is 1. The van der Waals surface area contributed by atoms with E-state index in [1.807, 2.05) is 24.3 Å². The molecule has 0 fully saturated rings. The van der Waals surface area contributed by atoms with Crippen LogP contribution in [-0.2, 0) is 4.79 Å². The molecule has 0 aromatic heterocycles. The van der Waals surface area contributed by atoms with E-state index >= 15 is 0 Å². The van der Waals surface area contributed by atoms with Crippen molar-refractivity contribution in [2.24, 2.45) is 0 Å². The molecule has 2 unspecified atom stereocenters. The van der Waals surface area contributed by atoms with Crippen LogP contribution in [0.15, 0.2) is 24.3 Å². The van der Waals surface area contributed by atoms with Crippen molar-refractivity contribution in [3.63, 3.8) is 0 Å². The van der Waals surface area contributed by atoms with Gasteiger partial charge >= 0.3 is 5.97 Å². The quantitative estimate of drug-likeness (QED) is 0.803. The van der Waals surface area contributed by atoms with E-state index in [1.165, 1.54) is 5.56 Å². The number of nitrogens with one attached hydrogen (secondary N) is 1. The Hall–Kier alpha value is -1.35. The monoisotopic (exact) mass is 221 g/mol. The van der Waals surface area contributed by atoms with E-state index in [4.69, 9.17) is 5.11 Å². The van der Waals surface area contributed by atoms with Crippen LogP contribution in [0.1, 0.15) is 43.4 Å². The Morgan fingerprint density at radius 3 is 2.19 bits per heavy atom. The highest BCUT2D eigenvalue weighted by Gasteiger charge is 2.17. The summed E-state index contributed by atoms with van der Waals surface area (Å²) >= 11 is 0. The van der Waals surface area contributed by atoms with Crippen molar-refractivity contribution in [2.45, 2.75) is 32.2 Å². The second-order valence-corrected chi connectivity index (χ2v) is 4.04. The molecule has 0 heterocycles. The standard InChI is InChI=1S/C13H19NO2/c1-4-9(2)10-5-7-11(8-6-10)12(14-3)13(15)16/h5-9,12,14H,4H2,1-3H3,(H,15,16). The summed E-state index contributed by atoms with van der Waals surface area (Å²) in [6.45, 7) is 4.31. The van der Waals surface area contributed by atoms with Crippen molar-refractivity contribution >= 4 is 5.97 Å². The van der Waals surface area contributed by atoms with Crippen LogP contribution in [0, 0.1) is 0 Å². The summed E-state index contributed by atoms with van der Waals surface area (Å²) < 4.78 is 0. The molecule has 3 nitrogen and oxygen atoms in total. The van der Waals surface area contributed by atoms with E-state index in [0.717, 1.165) is 12.0 Å². The van der Waals surface area contributed by atoms with Crippen LogP contribution in [0.4, 0.5) is 0 Å². The zero-order chi connectivity index (χ0) is 12.1. The number of rotatable bonds is 5. The molecule has 0 aliphatic carbocycles. The van der Waals surface area contributed by atoms with Crippen LogP contribution in [-0.4, -0.2) is 18.1 Å². The summed E-state index contributed by atoms with van der Waals surface area (Å²) in [7, 11) is 1.65. The molecule has 0 amide bonds. The number of hydrogen-bond acceptors (Lipinski definition) is 2. The lowest BCUT2D eigenvalue weighted by Crippen LogP contribution is -2.24. The Balaban J connectivity index is 2.89. The summed E-state index contributed by atoms with van der Waals surface area (Å²) in [5.74, 6) is -0.328. The zero-order valence-electron chi connectivity index (χ0n) is 10.0. The van der Waals surface area contributed by atoms with Gasteiger partial charge in [0, 0.05) is 0 Å². The molecule has 88 valence electrons. The van der Waals surface area contributed by atoms with Crippen molar-refractivity contribution in [2.75, 3.05) is 7.05 Å². The van der Waals surface area contributed by atoms with Crippen molar-refractivity contribution in [1.29, 1.82) is 0 Å². The predicted octanol–water partition coefficient (Wildman–Crippen LogP) is 2.55. The smallest absolute Gasteiger partial charge is 0.325 e. The highest BCUT2D eigenvalue weighted by molar-refractivity contribution is 5.75. The largest absolute Gasteiger partial charge is 0.480 e. The SMILES string of the molecule is CCC(C)c1ccc(C(NC)C(=O)O)cc1. The molecule has 2 N–H and O–H groups in total. The van der Waals surface area contributed by atoms with Gasteiger partial charge in [0.05, 0.1) is 0 Å². The van der Waals surface area contributed by atoms with Crippen molar-refractivity contribution in [1.82, 2.24) is 5.32 Å². The number of carboxylic acid groups (broad SMARTS) is 1. The Kier molecular flexibility index (Phi) is 4.50. The Morgan fingerprint density at radius 1 is 1.31 bits per heavy atom. The third-order valence-electron chi connectivity index (χ3n) is 2.99. The highest BCUT2D eigenvalue weighted by atomic mass is 16.4. The van der Waals surface area contributed by atoms with Gasteiger partial charge in [-0.15, -0.1) is 0 Å². The number of likely N-dealkylation sites (N-methyl/N-ethyl adjacent to an activating group) is 1. The first-order valence-corrected chi connectivity index (χ1v) is 5.60. The predicted molar refractivity (Wildman–Crippen MR) is 64.6 cm³/mol. The maximum absolute atomic E-state index is 10.9. The molecular formula is C13H19NO2. The number of hydrogen-bond donors (Lipinski definition) is 2. The summed E-state index contributed by atoms with van der Waals surface area (Å²) in [6.07, 6.45) is 1.09. The third kappa shape index (κ3) is 2.83. The average Bonchev–Trinajstić information content (AvgIpc) is 2.29. The minimum absolute atomic E-state index is 0.520. The molecule has 3 heteroatoms. The van der Waals surface area contributed by atoms with Gasteiger partial charge in [0.1, 0.15) is 6.04 Å². The second kappa shape index (κ2) is 5.66. The first-order valence-electron chi connectivity index (χ1n) is 5.60. The molecule has 0 bridgehead atoms. The maximum atomic E-state index is 10.9. The summed E-state index contributed by atoms with van der Waals surface area (Å²) in [6, 6.07) is 7.17. The average molecular weight is 221 g/mol. The van der Waals surface area contributed by atoms with Crippen molar-refractivity contribution in [3.8, 4) is 0 Å². The van der Waals surface area contributed by atoms with Crippen molar-refractivity contribution in [3.05, 3.63) is 35.4 Å². The Morgan fingerprint density at radius 2 is 1.81 bits per heavy atom. The molecule has 0 aliphatic heterocycles. The van der Waals surface area contributed by atoms with Gasteiger partial charge in [0.2, 0.25) is 0 Å². The van der Waals surface area contributed by atoms with Crippen molar-refractivity contribution < 1.29 is 9.90 Å². The molecule has 0 spiro atoms. The molecule has 1 aromatic rings. The van der Waals surface area contributed by atoms with Gasteiger partial charge in [-0.05, 0) is 30.5 Å². The molecule has 16 heavy (non-hydrogen) atoms. The Labute approximate surface area is 96.5 Å². The second-order valence-electron chi connectivity index (χ2n) is 4.04. The maximum Gasteiger partial charge on any atom is 0.325 e. The lowest BCUT2D eigenvalue weighted by atomic mass is 9.96. The van der Waals surface area contributed by atoms with Gasteiger partial charge in [0.15, 0.2) is 0 Å². The highest BCUT2D eigenvalue weighted by Crippen LogP contribution is 2.21. The van der Waals surface area contributed by atoms with Gasteiger partial charge < -0.3 is 10.4 Å². The zero-order valence-corrected chi connectivity index (χ0v) is 10.0. The first-order chi connectivity index (χ1) is 7.60. The topological polar surface area (TPSA) is 49.3 Å². The normalized spacial score (nSPS) is 14.4. The van der Waals surface area contributed by atoms with E-state index in [-0.39, 0.29) is 0 Å². The van der Waals surface area contributed by atoms with Gasteiger partial charge in [-0.1, -0.05) is 38.1 Å². The van der Waals surface area contributed by atoms with Crippen LogP contribution in [0.3, 0.4) is 0 Å². The van der Waals surface area contributed by atoms with E-state index in [1.54, 1.807) is 7.05 Å². The molecule has 1 rings (SSSR count). The summed E-state index contributed by atoms with van der Waals surface area (Å²) in [5, 5.41) is 11.8. The fraction of sp³-hybridized carbons (Fsp3) is 0.462. The molecular weight excluding hydrogens is 202 g/mol. The van der Waals surface area contributed by atoms with Crippen LogP contribution in [0.2, 0.25) is 0 Å². The first kappa shape index (κ1) is 12.7. The van der Waals surface area contributed by atoms with E-state index < -0.39 is 12.0 Å². The lowest BCUT2D eigenvalue weighted by Gasteiger charge is -2.14. The molecule has 0 aliphatic rings. The lowest BCUT2D eigenvalue weighted by molar-refractivity contribution is -0.139. The summed E-state index contributed by atoms with van der Waals surface area (Å²) in [4.78, 5) is 10.9. The van der Waals surface area contributed by atoms with Crippen LogP contribution >= 0.6 is 0 Å². The van der Waals surface area contributed by atoms with Gasteiger partial charge in [-0.25, -0.2) is 0 Å². The molecule has 2 atom stereocenters. The van der Waals surface area contributed by atoms with Gasteiger partial charge in [0.25, 0.3) is 0 Å². The van der Waals surface area contributed by atoms with Gasteiger partial charge in [-0.3, -0.25) is 4.79 Å². The minimum atomic E-state index is -0.848. The summed E-state index contributed by atoms with van der Waals surface area (Å²) in [5.41, 5.74) is 2.05. The van der Waals surface area contributed by atoms with Crippen LogP contribution < -0.4 is 5.32 Å². The molecule has 0 radical (unpaired) electrons. The van der Waals surface area contributed by atoms with E-state index in [2.05, 4.69) is 19.2 Å². The van der Waals surface area contributed by atoms with E-state index in [9.17, 15) is 4.79 Å². The van der Waals surface area contributed by atoms with Crippen LogP contribution in [0.25, 0.3) is 0 Å². The Bertz CT molecular complexity index is 345. The number of benzene rings is 1. The number of carbonyl (C=O) groups is 1. The number of aliphatic carboxylic acids is 1. The fourth-order valence-corrected chi connectivity index (χ4v) is 1.69. The third-order valence-corrected chi connectivity index (χ3v) is 2.99. The fourth-order valence-electron chi connectivity index (χ4n) is 1.69. The molecule has 1 aromatic carbocycles. The minimum Gasteiger partial charge on any atom is -0.480 e. The van der Waals surface area contributed by atoms with E-state index in [0.29, 0.717) is 5.92 Å². The molecule has 0 saturated carbocycles. The van der Waals surface area contributed by atoms with Crippen LogP contribution in [0.5, 0.6) is 0 Å².